The first-order valence-corrected chi connectivity index (χ1v) is 6.14. The van der Waals surface area contributed by atoms with Crippen LogP contribution in [0.25, 0.3) is 0 Å². The van der Waals surface area contributed by atoms with Gasteiger partial charge in [0, 0.05) is 11.8 Å². The Morgan fingerprint density at radius 2 is 2.05 bits per heavy atom. The molecule has 1 fully saturated rings. The van der Waals surface area contributed by atoms with E-state index in [9.17, 15) is 25.4 Å². The minimum Gasteiger partial charge on any atom is -0.388 e. The normalized spacial score (nSPS) is 30.0. The van der Waals surface area contributed by atoms with Gasteiger partial charge >= 0.3 is 0 Å². The van der Waals surface area contributed by atoms with Crippen molar-refractivity contribution in [3.05, 3.63) is 33.3 Å². The second kappa shape index (κ2) is 5.90. The molecular formula is C11H13ClN2O6. The molecule has 4 N–H and O–H groups in total. The number of nitro groups is 1. The zero-order chi connectivity index (χ0) is 14.9. The fourth-order valence-corrected chi connectivity index (χ4v) is 2.03. The average molecular weight is 305 g/mol. The van der Waals surface area contributed by atoms with Crippen LogP contribution in [0.15, 0.2) is 18.2 Å². The van der Waals surface area contributed by atoms with E-state index < -0.39 is 29.5 Å². The zero-order valence-corrected chi connectivity index (χ0v) is 10.9. The molecule has 1 aliphatic heterocycles. The molecule has 110 valence electrons. The molecule has 4 atom stereocenters. The maximum absolute atomic E-state index is 10.8. The highest BCUT2D eigenvalue weighted by Gasteiger charge is 2.37. The first-order chi connectivity index (χ1) is 9.40. The van der Waals surface area contributed by atoms with Crippen LogP contribution in [0.4, 0.5) is 11.4 Å². The summed E-state index contributed by atoms with van der Waals surface area (Å²) in [6.07, 6.45) is -4.89. The maximum atomic E-state index is 10.8. The molecule has 20 heavy (non-hydrogen) atoms. The van der Waals surface area contributed by atoms with Crippen LogP contribution in [0.3, 0.4) is 0 Å². The molecule has 0 aliphatic carbocycles. The number of nitrogens with zero attached hydrogens (tertiary/aromatic N) is 1. The van der Waals surface area contributed by atoms with Crippen molar-refractivity contribution in [2.45, 2.75) is 24.5 Å². The van der Waals surface area contributed by atoms with Crippen molar-refractivity contribution >= 4 is 23.0 Å². The number of benzene rings is 1. The van der Waals surface area contributed by atoms with E-state index in [2.05, 4.69) is 5.32 Å². The van der Waals surface area contributed by atoms with Crippen molar-refractivity contribution in [3.63, 3.8) is 0 Å². The van der Waals surface area contributed by atoms with Crippen LogP contribution >= 0.6 is 11.6 Å². The van der Waals surface area contributed by atoms with Gasteiger partial charge in [0.2, 0.25) is 0 Å². The van der Waals surface area contributed by atoms with Crippen molar-refractivity contribution < 1.29 is 25.0 Å². The molecule has 8 nitrogen and oxygen atoms in total. The smallest absolute Gasteiger partial charge is 0.289 e. The summed E-state index contributed by atoms with van der Waals surface area (Å²) in [5, 5.41) is 42.0. The quantitative estimate of drug-likeness (QED) is 0.461. The summed E-state index contributed by atoms with van der Waals surface area (Å²) in [7, 11) is 0. The van der Waals surface area contributed by atoms with Gasteiger partial charge in [-0.15, -0.1) is 0 Å². The third kappa shape index (κ3) is 3.00. The maximum Gasteiger partial charge on any atom is 0.289 e. The number of anilines is 1. The Labute approximate surface area is 118 Å². The summed E-state index contributed by atoms with van der Waals surface area (Å²) < 4.78 is 5.13. The molecule has 1 aromatic carbocycles. The van der Waals surface area contributed by atoms with E-state index in [-0.39, 0.29) is 17.3 Å². The summed E-state index contributed by atoms with van der Waals surface area (Å²) in [6, 6.07) is 4.00. The lowest BCUT2D eigenvalue weighted by molar-refractivity contribution is -0.384. The molecule has 9 heteroatoms. The molecule has 0 spiro atoms. The van der Waals surface area contributed by atoms with Crippen LogP contribution in [-0.4, -0.2) is 51.4 Å². The van der Waals surface area contributed by atoms with Crippen molar-refractivity contribution in [2.75, 3.05) is 11.9 Å². The molecule has 1 aromatic rings. The van der Waals surface area contributed by atoms with E-state index in [4.69, 9.17) is 16.3 Å². The molecule has 0 unspecified atom stereocenters. The van der Waals surface area contributed by atoms with Crippen molar-refractivity contribution in [1.82, 2.24) is 0 Å². The molecule has 2 rings (SSSR count). The molecular weight excluding hydrogens is 292 g/mol. The molecule has 1 heterocycles. The van der Waals surface area contributed by atoms with Gasteiger partial charge in [-0.1, -0.05) is 11.6 Å². The van der Waals surface area contributed by atoms with Crippen LogP contribution in [0.5, 0.6) is 0 Å². The van der Waals surface area contributed by atoms with Crippen LogP contribution in [-0.2, 0) is 4.74 Å². The SMILES string of the molecule is O=[N+]([O-])c1cc(N[C@H]2OC[C@@H](O)[C@@H](O)[C@H]2O)ccc1Cl. The van der Waals surface area contributed by atoms with Gasteiger partial charge in [-0.25, -0.2) is 0 Å². The summed E-state index contributed by atoms with van der Waals surface area (Å²) in [6.45, 7) is -0.161. The predicted molar refractivity (Wildman–Crippen MR) is 69.5 cm³/mol. The molecule has 0 aromatic heterocycles. The van der Waals surface area contributed by atoms with Gasteiger partial charge in [-0.05, 0) is 12.1 Å². The minimum absolute atomic E-state index is 0.0129. The molecule has 0 bridgehead atoms. The number of aliphatic hydroxyl groups excluding tert-OH is 3. The van der Waals surface area contributed by atoms with Gasteiger partial charge < -0.3 is 25.4 Å². The number of ether oxygens (including phenoxy) is 1. The lowest BCUT2D eigenvalue weighted by Crippen LogP contribution is -2.55. The Balaban J connectivity index is 2.14. The first kappa shape index (κ1) is 14.9. The van der Waals surface area contributed by atoms with Gasteiger partial charge in [0.25, 0.3) is 5.69 Å². The fraction of sp³-hybridized carbons (Fsp3) is 0.455. The van der Waals surface area contributed by atoms with Gasteiger partial charge in [0.15, 0.2) is 6.23 Å². The number of aliphatic hydroxyl groups is 3. The second-order valence-corrected chi connectivity index (χ2v) is 4.78. The van der Waals surface area contributed by atoms with Gasteiger partial charge in [0.1, 0.15) is 23.3 Å². The highest BCUT2D eigenvalue weighted by atomic mass is 35.5. The predicted octanol–water partition coefficient (Wildman–Crippen LogP) is 0.0991. The monoisotopic (exact) mass is 304 g/mol. The molecule has 0 saturated carbocycles. The van der Waals surface area contributed by atoms with Gasteiger partial charge in [-0.2, -0.15) is 0 Å². The largest absolute Gasteiger partial charge is 0.388 e. The number of hydrogen-bond acceptors (Lipinski definition) is 7. The Hall–Kier alpha value is -1.45. The number of nitro benzene ring substituents is 1. The van der Waals surface area contributed by atoms with E-state index in [1.54, 1.807) is 0 Å². The topological polar surface area (TPSA) is 125 Å². The Kier molecular flexibility index (Phi) is 4.41. The van der Waals surface area contributed by atoms with Crippen LogP contribution in [0, 0.1) is 10.1 Å². The highest BCUT2D eigenvalue weighted by molar-refractivity contribution is 6.32. The number of halogens is 1. The van der Waals surface area contributed by atoms with Crippen molar-refractivity contribution in [3.8, 4) is 0 Å². The molecule has 1 saturated heterocycles. The zero-order valence-electron chi connectivity index (χ0n) is 10.1. The highest BCUT2D eigenvalue weighted by Crippen LogP contribution is 2.28. The summed E-state index contributed by atoms with van der Waals surface area (Å²) >= 11 is 5.68. The van der Waals surface area contributed by atoms with Crippen molar-refractivity contribution in [1.29, 1.82) is 0 Å². The molecule has 1 aliphatic rings. The van der Waals surface area contributed by atoms with E-state index in [0.29, 0.717) is 5.69 Å². The van der Waals surface area contributed by atoms with Gasteiger partial charge in [0.05, 0.1) is 11.5 Å². The third-order valence-corrected chi connectivity index (χ3v) is 3.27. The average Bonchev–Trinajstić information content (AvgIpc) is 2.41. The minimum atomic E-state index is -1.37. The summed E-state index contributed by atoms with van der Waals surface area (Å²) in [5.74, 6) is 0. The molecule has 0 amide bonds. The summed E-state index contributed by atoms with van der Waals surface area (Å²) in [5.41, 5.74) is 0.0105. The van der Waals surface area contributed by atoms with Gasteiger partial charge in [-0.3, -0.25) is 10.1 Å². The fourth-order valence-electron chi connectivity index (χ4n) is 1.84. The molecule has 0 radical (unpaired) electrons. The lowest BCUT2D eigenvalue weighted by atomic mass is 10.0. The van der Waals surface area contributed by atoms with Crippen LogP contribution in [0.1, 0.15) is 0 Å². The number of rotatable bonds is 3. The summed E-state index contributed by atoms with van der Waals surface area (Å²) in [4.78, 5) is 10.1. The van der Waals surface area contributed by atoms with E-state index >= 15 is 0 Å². The Morgan fingerprint density at radius 1 is 1.35 bits per heavy atom. The standard InChI is InChI=1S/C11H13ClN2O6/c12-6-2-1-5(3-7(6)14(18)19)13-11-10(17)9(16)8(15)4-20-11/h1-3,8-11,13,15-17H,4H2/t8-,9-,10-,11+/m1/s1. The second-order valence-electron chi connectivity index (χ2n) is 4.37. The number of hydrogen-bond donors (Lipinski definition) is 4. The Morgan fingerprint density at radius 3 is 2.70 bits per heavy atom. The van der Waals surface area contributed by atoms with Crippen molar-refractivity contribution in [2.24, 2.45) is 0 Å². The van der Waals surface area contributed by atoms with Crippen LogP contribution < -0.4 is 5.32 Å². The van der Waals surface area contributed by atoms with E-state index in [1.807, 2.05) is 0 Å². The number of nitrogens with one attached hydrogen (secondary N) is 1. The first-order valence-electron chi connectivity index (χ1n) is 5.76. The lowest BCUT2D eigenvalue weighted by Gasteiger charge is -2.35. The van der Waals surface area contributed by atoms with Crippen LogP contribution in [0.2, 0.25) is 5.02 Å². The Bertz CT molecular complexity index is 514. The van der Waals surface area contributed by atoms with E-state index in [1.165, 1.54) is 18.2 Å². The van der Waals surface area contributed by atoms with E-state index in [0.717, 1.165) is 0 Å². The third-order valence-electron chi connectivity index (χ3n) is 2.95.